The number of rotatable bonds is 13. The Morgan fingerprint density at radius 2 is 1.64 bits per heavy atom. The van der Waals surface area contributed by atoms with Crippen molar-refractivity contribution in [3.8, 4) is 11.5 Å². The van der Waals surface area contributed by atoms with Crippen molar-refractivity contribution in [2.75, 3.05) is 10.6 Å². The van der Waals surface area contributed by atoms with E-state index in [0.29, 0.717) is 23.8 Å². The van der Waals surface area contributed by atoms with Crippen molar-refractivity contribution >= 4 is 23.5 Å². The molecule has 1 heterocycles. The van der Waals surface area contributed by atoms with Crippen LogP contribution in [0.4, 0.5) is 11.6 Å². The third kappa shape index (κ3) is 8.37. The monoisotopic (exact) mass is 489 g/mol. The van der Waals surface area contributed by atoms with Gasteiger partial charge in [0.1, 0.15) is 23.4 Å². The molecule has 0 spiro atoms. The number of hydrogen-bond donors (Lipinski definition) is 3. The fourth-order valence-electron chi connectivity index (χ4n) is 3.74. The van der Waals surface area contributed by atoms with E-state index in [2.05, 4.69) is 39.8 Å². The highest BCUT2D eigenvalue weighted by Gasteiger charge is 2.21. The molecular formula is C28H35N5O3. The number of benzene rings is 2. The van der Waals surface area contributed by atoms with Gasteiger partial charge in [0, 0.05) is 6.04 Å². The van der Waals surface area contributed by atoms with E-state index in [1.807, 2.05) is 61.5 Å². The molecule has 2 amide bonds. The van der Waals surface area contributed by atoms with Gasteiger partial charge in [-0.1, -0.05) is 57.5 Å². The van der Waals surface area contributed by atoms with Crippen LogP contribution in [0.1, 0.15) is 52.0 Å². The Balaban J connectivity index is 1.60. The van der Waals surface area contributed by atoms with Gasteiger partial charge in [0.05, 0.1) is 18.8 Å². The average molecular weight is 490 g/mol. The van der Waals surface area contributed by atoms with Crippen LogP contribution in [-0.4, -0.2) is 33.9 Å². The Morgan fingerprint density at radius 3 is 2.36 bits per heavy atom. The zero-order valence-corrected chi connectivity index (χ0v) is 21.2. The molecule has 1 unspecified atom stereocenters. The van der Waals surface area contributed by atoms with Crippen molar-refractivity contribution in [1.29, 1.82) is 0 Å². The average Bonchev–Trinajstić information content (AvgIpc) is 2.88. The minimum Gasteiger partial charge on any atom is -0.457 e. The number of hydrogen-bond acceptors (Lipinski definition) is 6. The van der Waals surface area contributed by atoms with Gasteiger partial charge in [-0.15, -0.1) is 0 Å². The van der Waals surface area contributed by atoms with E-state index >= 15 is 0 Å². The second-order valence-corrected chi connectivity index (χ2v) is 8.58. The van der Waals surface area contributed by atoms with Gasteiger partial charge in [0.2, 0.25) is 11.8 Å². The summed E-state index contributed by atoms with van der Waals surface area (Å²) < 4.78 is 5.86. The lowest BCUT2D eigenvalue weighted by Crippen LogP contribution is -2.44. The van der Waals surface area contributed by atoms with Crippen LogP contribution in [-0.2, 0) is 16.0 Å². The summed E-state index contributed by atoms with van der Waals surface area (Å²) in [4.78, 5) is 34.4. The highest BCUT2D eigenvalue weighted by molar-refractivity contribution is 5.96. The topological polar surface area (TPSA) is 105 Å². The molecule has 3 aromatic rings. The molecule has 0 aliphatic rings. The van der Waals surface area contributed by atoms with E-state index < -0.39 is 6.04 Å². The molecule has 0 fully saturated rings. The summed E-state index contributed by atoms with van der Waals surface area (Å²) in [5, 5.41) is 8.98. The number of carbonyl (C=O) groups excluding carboxylic acids is 2. The molecule has 0 saturated carbocycles. The predicted molar refractivity (Wildman–Crippen MR) is 142 cm³/mol. The largest absolute Gasteiger partial charge is 0.457 e. The van der Waals surface area contributed by atoms with Crippen LogP contribution >= 0.6 is 0 Å². The van der Waals surface area contributed by atoms with Gasteiger partial charge >= 0.3 is 0 Å². The quantitative estimate of drug-likeness (QED) is 0.299. The van der Waals surface area contributed by atoms with Crippen molar-refractivity contribution in [3.63, 3.8) is 0 Å². The highest BCUT2D eigenvalue weighted by atomic mass is 16.5. The van der Waals surface area contributed by atoms with E-state index in [4.69, 9.17) is 4.74 Å². The minimum absolute atomic E-state index is 0.133. The van der Waals surface area contributed by atoms with Gasteiger partial charge in [0.15, 0.2) is 5.82 Å². The standard InChI is InChI=1S/C28H35N5O3/c1-4-11-24(28(35)33-26-19-29-18-25(32-26)30-21(5-2)6-3)31-27(34)17-20-12-10-15-23(16-20)36-22-13-8-7-9-14-22/h7-10,12-16,18-19,21,24H,4-6,11,17H2,1-3H3,(H,31,34)(H2,30,32,33,35). The van der Waals surface area contributed by atoms with Gasteiger partial charge < -0.3 is 20.7 Å². The maximum atomic E-state index is 13.0. The molecule has 8 heteroatoms. The maximum absolute atomic E-state index is 13.0. The molecule has 3 rings (SSSR count). The van der Waals surface area contributed by atoms with E-state index in [0.717, 1.165) is 30.6 Å². The fraction of sp³-hybridized carbons (Fsp3) is 0.357. The van der Waals surface area contributed by atoms with Crippen molar-refractivity contribution < 1.29 is 14.3 Å². The smallest absolute Gasteiger partial charge is 0.248 e. The molecule has 36 heavy (non-hydrogen) atoms. The molecule has 1 aromatic heterocycles. The summed E-state index contributed by atoms with van der Waals surface area (Å²) in [7, 11) is 0. The van der Waals surface area contributed by atoms with E-state index in [9.17, 15) is 9.59 Å². The van der Waals surface area contributed by atoms with Gasteiger partial charge in [-0.3, -0.25) is 14.6 Å². The number of nitrogens with zero attached hydrogens (tertiary/aromatic N) is 2. The first-order chi connectivity index (χ1) is 17.5. The molecule has 8 nitrogen and oxygen atoms in total. The van der Waals surface area contributed by atoms with Crippen LogP contribution in [0.3, 0.4) is 0 Å². The van der Waals surface area contributed by atoms with E-state index in [-0.39, 0.29) is 24.3 Å². The maximum Gasteiger partial charge on any atom is 0.248 e. The lowest BCUT2D eigenvalue weighted by molar-refractivity contribution is -0.126. The van der Waals surface area contributed by atoms with Gasteiger partial charge in [-0.05, 0) is 49.1 Å². The van der Waals surface area contributed by atoms with Crippen molar-refractivity contribution in [1.82, 2.24) is 15.3 Å². The molecule has 190 valence electrons. The summed E-state index contributed by atoms with van der Waals surface area (Å²) in [6.07, 6.45) is 6.43. The van der Waals surface area contributed by atoms with Crippen molar-refractivity contribution in [3.05, 3.63) is 72.6 Å². The highest BCUT2D eigenvalue weighted by Crippen LogP contribution is 2.22. The van der Waals surface area contributed by atoms with Crippen LogP contribution < -0.4 is 20.7 Å². The first-order valence-corrected chi connectivity index (χ1v) is 12.5. The number of carbonyl (C=O) groups is 2. The number of para-hydroxylation sites is 1. The summed E-state index contributed by atoms with van der Waals surface area (Å²) >= 11 is 0. The normalized spacial score (nSPS) is 11.6. The molecule has 0 saturated heterocycles. The molecule has 0 aliphatic carbocycles. The summed E-state index contributed by atoms with van der Waals surface area (Å²) in [5.41, 5.74) is 0.794. The number of aromatic nitrogens is 2. The third-order valence-electron chi connectivity index (χ3n) is 5.69. The summed E-state index contributed by atoms with van der Waals surface area (Å²) in [6.45, 7) is 6.17. The molecule has 0 bridgehead atoms. The number of anilines is 2. The van der Waals surface area contributed by atoms with Gasteiger partial charge in [-0.2, -0.15) is 0 Å². The number of amides is 2. The zero-order chi connectivity index (χ0) is 25.8. The molecule has 3 N–H and O–H groups in total. The Kier molecular flexibility index (Phi) is 10.2. The molecule has 1 atom stereocenters. The third-order valence-corrected chi connectivity index (χ3v) is 5.69. The lowest BCUT2D eigenvalue weighted by Gasteiger charge is -2.19. The second kappa shape index (κ2) is 13.8. The van der Waals surface area contributed by atoms with Crippen LogP contribution in [0.2, 0.25) is 0 Å². The SMILES string of the molecule is CCCC(NC(=O)Cc1cccc(Oc2ccccc2)c1)C(=O)Nc1cncc(NC(CC)CC)n1. The van der Waals surface area contributed by atoms with E-state index in [1.165, 1.54) is 6.20 Å². The summed E-state index contributed by atoms with van der Waals surface area (Å²) in [5.74, 6) is 1.76. The van der Waals surface area contributed by atoms with Crippen LogP contribution in [0, 0.1) is 0 Å². The van der Waals surface area contributed by atoms with Crippen molar-refractivity contribution in [2.24, 2.45) is 0 Å². The molecule has 0 radical (unpaired) electrons. The molecule has 0 aliphatic heterocycles. The lowest BCUT2D eigenvalue weighted by atomic mass is 10.1. The number of nitrogens with one attached hydrogen (secondary N) is 3. The summed E-state index contributed by atoms with van der Waals surface area (Å²) in [6, 6.07) is 16.4. The van der Waals surface area contributed by atoms with Gasteiger partial charge in [0.25, 0.3) is 0 Å². The molecular weight excluding hydrogens is 454 g/mol. The van der Waals surface area contributed by atoms with Crippen LogP contribution in [0.25, 0.3) is 0 Å². The second-order valence-electron chi connectivity index (χ2n) is 8.58. The minimum atomic E-state index is -0.677. The number of ether oxygens (including phenoxy) is 1. The molecule has 2 aromatic carbocycles. The van der Waals surface area contributed by atoms with Crippen molar-refractivity contribution in [2.45, 2.75) is 65.0 Å². The van der Waals surface area contributed by atoms with Crippen LogP contribution in [0.5, 0.6) is 11.5 Å². The first-order valence-electron chi connectivity index (χ1n) is 12.5. The Bertz CT molecular complexity index is 1120. The predicted octanol–water partition coefficient (Wildman–Crippen LogP) is 5.34. The fourth-order valence-corrected chi connectivity index (χ4v) is 3.74. The Labute approximate surface area is 212 Å². The Morgan fingerprint density at radius 1 is 0.917 bits per heavy atom. The van der Waals surface area contributed by atoms with Crippen LogP contribution in [0.15, 0.2) is 67.0 Å². The van der Waals surface area contributed by atoms with Gasteiger partial charge in [-0.25, -0.2) is 4.98 Å². The first kappa shape index (κ1) is 26.7. The van der Waals surface area contributed by atoms with E-state index in [1.54, 1.807) is 6.20 Å². The zero-order valence-electron chi connectivity index (χ0n) is 21.2. The Hall–Kier alpha value is -3.94.